The van der Waals surface area contributed by atoms with Crippen molar-refractivity contribution in [3.63, 3.8) is 0 Å². The lowest BCUT2D eigenvalue weighted by Crippen LogP contribution is -2.42. The van der Waals surface area contributed by atoms with Crippen molar-refractivity contribution in [3.8, 4) is 0 Å². The van der Waals surface area contributed by atoms with Crippen molar-refractivity contribution >= 4 is 21.8 Å². The van der Waals surface area contributed by atoms with Crippen LogP contribution < -0.4 is 10.0 Å². The first kappa shape index (κ1) is 12.9. The predicted octanol–water partition coefficient (Wildman–Crippen LogP) is 1.80. The average molecular weight is 294 g/mol. The summed E-state index contributed by atoms with van der Waals surface area (Å²) in [6.07, 6.45) is 7.02. The number of thioether (sulfide) groups is 1. The lowest BCUT2D eigenvalue weighted by Gasteiger charge is -2.14. The molecule has 1 aliphatic heterocycles. The van der Waals surface area contributed by atoms with Gasteiger partial charge >= 0.3 is 0 Å². The predicted molar refractivity (Wildman–Crippen MR) is 76.9 cm³/mol. The highest BCUT2D eigenvalue weighted by atomic mass is 32.2. The van der Waals surface area contributed by atoms with Gasteiger partial charge in [0.2, 0.25) is 10.0 Å². The Morgan fingerprint density at radius 3 is 2.79 bits per heavy atom. The van der Waals surface area contributed by atoms with Gasteiger partial charge in [0.1, 0.15) is 5.50 Å². The maximum Gasteiger partial charge on any atom is 0.242 e. The van der Waals surface area contributed by atoms with Gasteiger partial charge in [-0.3, -0.25) is 5.32 Å². The third kappa shape index (κ3) is 2.76. The summed E-state index contributed by atoms with van der Waals surface area (Å²) in [6, 6.07) is 8.66. The van der Waals surface area contributed by atoms with E-state index in [0.29, 0.717) is 4.90 Å². The van der Waals surface area contributed by atoms with E-state index in [1.54, 1.807) is 30.3 Å². The minimum absolute atomic E-state index is 0.235. The van der Waals surface area contributed by atoms with Crippen LogP contribution in [0.3, 0.4) is 0 Å². The molecule has 0 amide bonds. The summed E-state index contributed by atoms with van der Waals surface area (Å²) in [5, 5.41) is 3.27. The minimum atomic E-state index is -3.47. The molecule has 2 unspecified atom stereocenters. The lowest BCUT2D eigenvalue weighted by molar-refractivity contribution is 0.541. The topological polar surface area (TPSA) is 58.2 Å². The summed E-state index contributed by atoms with van der Waals surface area (Å²) in [7, 11) is -3.47. The molecule has 1 saturated heterocycles. The second kappa shape index (κ2) is 5.13. The lowest BCUT2D eigenvalue weighted by atomic mass is 10.1. The van der Waals surface area contributed by atoms with Gasteiger partial charge in [0.15, 0.2) is 0 Å². The molecule has 1 heterocycles. The standard InChI is InChI=1S/C13H14N2O2S2/c16-19(17,10-6-2-1-3-7-10)15-13-14-11-8-4-5-9-12(11)18-13/h1-7,9,11,13-15H,8H2. The van der Waals surface area contributed by atoms with Crippen molar-refractivity contribution < 1.29 is 8.42 Å². The van der Waals surface area contributed by atoms with Crippen molar-refractivity contribution in [2.24, 2.45) is 0 Å². The fourth-order valence-electron chi connectivity index (χ4n) is 2.10. The summed E-state index contributed by atoms with van der Waals surface area (Å²) >= 11 is 1.52. The fraction of sp³-hybridized carbons (Fsp3) is 0.231. The van der Waals surface area contributed by atoms with E-state index in [-0.39, 0.29) is 11.5 Å². The first-order chi connectivity index (χ1) is 9.15. The van der Waals surface area contributed by atoms with Crippen LogP contribution in [0.15, 0.2) is 58.4 Å². The molecule has 1 aromatic rings. The Bertz CT molecular complexity index is 623. The molecule has 6 heteroatoms. The molecule has 2 aliphatic rings. The van der Waals surface area contributed by atoms with Crippen molar-refractivity contribution in [1.29, 1.82) is 0 Å². The smallest absolute Gasteiger partial charge is 0.242 e. The zero-order valence-electron chi connectivity index (χ0n) is 10.1. The van der Waals surface area contributed by atoms with Gasteiger partial charge in [0.05, 0.1) is 4.90 Å². The molecule has 0 radical (unpaired) electrons. The van der Waals surface area contributed by atoms with Gasteiger partial charge < -0.3 is 0 Å². The second-order valence-electron chi connectivity index (χ2n) is 4.38. The maximum absolute atomic E-state index is 12.2. The normalized spacial score (nSPS) is 26.0. The van der Waals surface area contributed by atoms with Crippen LogP contribution in [0.5, 0.6) is 0 Å². The zero-order valence-corrected chi connectivity index (χ0v) is 11.7. The van der Waals surface area contributed by atoms with Crippen molar-refractivity contribution in [3.05, 3.63) is 53.5 Å². The van der Waals surface area contributed by atoms with Crippen LogP contribution in [0, 0.1) is 0 Å². The molecule has 1 aliphatic carbocycles. The summed E-state index contributed by atoms with van der Waals surface area (Å²) in [5.41, 5.74) is -0.304. The van der Waals surface area contributed by atoms with E-state index in [2.05, 4.69) is 16.1 Å². The Balaban J connectivity index is 1.73. The summed E-state index contributed by atoms with van der Waals surface area (Å²) in [5.74, 6) is 0. The Morgan fingerprint density at radius 1 is 1.26 bits per heavy atom. The largest absolute Gasteiger partial charge is 0.285 e. The highest BCUT2D eigenvalue weighted by Gasteiger charge is 2.32. The molecule has 100 valence electrons. The highest BCUT2D eigenvalue weighted by Crippen LogP contribution is 2.34. The van der Waals surface area contributed by atoms with E-state index >= 15 is 0 Å². The van der Waals surface area contributed by atoms with Gasteiger partial charge in [-0.15, -0.1) is 0 Å². The average Bonchev–Trinajstić information content (AvgIpc) is 2.81. The van der Waals surface area contributed by atoms with Gasteiger partial charge in [0, 0.05) is 10.9 Å². The molecular weight excluding hydrogens is 280 g/mol. The Hall–Kier alpha value is -1.08. The fourth-order valence-corrected chi connectivity index (χ4v) is 4.66. The Labute approximate surface area is 117 Å². The molecule has 1 fully saturated rings. The first-order valence-electron chi connectivity index (χ1n) is 6.02. The quantitative estimate of drug-likeness (QED) is 0.892. The van der Waals surface area contributed by atoms with E-state index < -0.39 is 10.0 Å². The maximum atomic E-state index is 12.2. The van der Waals surface area contributed by atoms with Crippen molar-refractivity contribution in [2.75, 3.05) is 0 Å². The highest BCUT2D eigenvalue weighted by molar-refractivity contribution is 8.04. The van der Waals surface area contributed by atoms with Gasteiger partial charge in [-0.05, 0) is 18.6 Å². The third-order valence-electron chi connectivity index (χ3n) is 3.03. The van der Waals surface area contributed by atoms with Crippen LogP contribution in [0.2, 0.25) is 0 Å². The molecule has 0 bridgehead atoms. The molecule has 2 atom stereocenters. The molecule has 0 aromatic heterocycles. The number of rotatable bonds is 3. The molecule has 2 N–H and O–H groups in total. The second-order valence-corrected chi connectivity index (χ2v) is 7.28. The van der Waals surface area contributed by atoms with Crippen LogP contribution in [0.4, 0.5) is 0 Å². The van der Waals surface area contributed by atoms with Crippen LogP contribution in [-0.2, 0) is 10.0 Å². The monoisotopic (exact) mass is 294 g/mol. The van der Waals surface area contributed by atoms with Gasteiger partial charge in [0.25, 0.3) is 0 Å². The molecule has 0 saturated carbocycles. The van der Waals surface area contributed by atoms with E-state index in [4.69, 9.17) is 0 Å². The van der Waals surface area contributed by atoms with Gasteiger partial charge in [-0.2, -0.15) is 4.72 Å². The number of allylic oxidation sites excluding steroid dienone is 2. The van der Waals surface area contributed by atoms with Gasteiger partial charge in [-0.1, -0.05) is 48.2 Å². The molecule has 3 rings (SSSR count). The van der Waals surface area contributed by atoms with E-state index in [1.807, 2.05) is 12.2 Å². The van der Waals surface area contributed by atoms with Crippen LogP contribution in [-0.4, -0.2) is 20.0 Å². The van der Waals surface area contributed by atoms with Crippen LogP contribution >= 0.6 is 11.8 Å². The number of hydrogen-bond acceptors (Lipinski definition) is 4. The first-order valence-corrected chi connectivity index (χ1v) is 8.38. The minimum Gasteiger partial charge on any atom is -0.285 e. The Kier molecular flexibility index (Phi) is 3.49. The Morgan fingerprint density at radius 2 is 2.05 bits per heavy atom. The summed E-state index contributed by atoms with van der Waals surface area (Å²) in [4.78, 5) is 1.47. The third-order valence-corrected chi connectivity index (χ3v) is 5.80. The number of nitrogens with one attached hydrogen (secondary N) is 2. The van der Waals surface area contributed by atoms with Crippen LogP contribution in [0.1, 0.15) is 6.42 Å². The van der Waals surface area contributed by atoms with E-state index in [9.17, 15) is 8.42 Å². The number of hydrogen-bond donors (Lipinski definition) is 2. The molecule has 4 nitrogen and oxygen atoms in total. The van der Waals surface area contributed by atoms with Crippen LogP contribution in [0.25, 0.3) is 0 Å². The molecule has 19 heavy (non-hydrogen) atoms. The number of sulfonamides is 1. The van der Waals surface area contributed by atoms with Crippen molar-refractivity contribution in [1.82, 2.24) is 10.0 Å². The number of benzene rings is 1. The molecule has 0 spiro atoms. The SMILES string of the molecule is O=S(=O)(NC1NC2CC=CC=C2S1)c1ccccc1. The molecular formula is C13H14N2O2S2. The van der Waals surface area contributed by atoms with E-state index in [0.717, 1.165) is 6.42 Å². The van der Waals surface area contributed by atoms with E-state index in [1.165, 1.54) is 16.7 Å². The van der Waals surface area contributed by atoms with Crippen molar-refractivity contribution in [2.45, 2.75) is 22.9 Å². The number of fused-ring (bicyclic) bond motifs is 1. The molecule has 1 aromatic carbocycles. The summed E-state index contributed by atoms with van der Waals surface area (Å²) in [6.45, 7) is 0. The zero-order chi connectivity index (χ0) is 13.3. The van der Waals surface area contributed by atoms with Gasteiger partial charge in [-0.25, -0.2) is 8.42 Å². The summed E-state index contributed by atoms with van der Waals surface area (Å²) < 4.78 is 27.1.